The molecule has 2 bridgehead atoms. The molecule has 4 aliphatic heterocycles. The Morgan fingerprint density at radius 3 is 2.66 bits per heavy atom. The summed E-state index contributed by atoms with van der Waals surface area (Å²) in [4.78, 5) is 18.2. The van der Waals surface area contributed by atoms with Crippen molar-refractivity contribution >= 4 is 0 Å². The zero-order valence-corrected chi connectivity index (χ0v) is 17.3. The number of ether oxygens (including phenoxy) is 3. The zero-order chi connectivity index (χ0) is 19.6. The van der Waals surface area contributed by atoms with Crippen LogP contribution in [0.5, 0.6) is 0 Å². The zero-order valence-electron chi connectivity index (χ0n) is 17.3. The van der Waals surface area contributed by atoms with Gasteiger partial charge in [0.25, 0.3) is 5.56 Å². The van der Waals surface area contributed by atoms with E-state index in [-0.39, 0.29) is 5.56 Å². The van der Waals surface area contributed by atoms with Crippen molar-refractivity contribution in [2.75, 3.05) is 65.8 Å². The van der Waals surface area contributed by atoms with Gasteiger partial charge in [0.05, 0.1) is 39.1 Å². The predicted molar refractivity (Wildman–Crippen MR) is 109 cm³/mol. The highest BCUT2D eigenvalue weighted by atomic mass is 16.5. The fourth-order valence-corrected chi connectivity index (χ4v) is 5.46. The van der Waals surface area contributed by atoms with Gasteiger partial charge < -0.3 is 18.8 Å². The SMILES string of the molecule is O=c1c(CN2CCCOCC2)ccc2n1C[C@H]1C[C@@H]2CN(C2COCCOC2)C1. The summed E-state index contributed by atoms with van der Waals surface area (Å²) in [6.45, 7) is 10.0. The van der Waals surface area contributed by atoms with Gasteiger partial charge in [-0.3, -0.25) is 14.6 Å². The van der Waals surface area contributed by atoms with Crippen LogP contribution in [0.3, 0.4) is 0 Å². The van der Waals surface area contributed by atoms with Crippen LogP contribution in [0, 0.1) is 5.92 Å². The van der Waals surface area contributed by atoms with E-state index in [0.29, 0.717) is 31.1 Å². The topological polar surface area (TPSA) is 56.2 Å². The Hall–Kier alpha value is -1.25. The van der Waals surface area contributed by atoms with Crippen molar-refractivity contribution < 1.29 is 14.2 Å². The van der Waals surface area contributed by atoms with E-state index in [1.54, 1.807) is 0 Å². The fraction of sp³-hybridized carbons (Fsp3) is 0.773. The molecule has 5 rings (SSSR count). The summed E-state index contributed by atoms with van der Waals surface area (Å²) in [7, 11) is 0. The van der Waals surface area contributed by atoms with Crippen LogP contribution in [0.2, 0.25) is 0 Å². The predicted octanol–water partition coefficient (Wildman–Crippen LogP) is 0.905. The van der Waals surface area contributed by atoms with E-state index in [0.717, 1.165) is 77.7 Å². The second-order valence-corrected chi connectivity index (χ2v) is 9.00. The Bertz CT molecular complexity index is 751. The molecule has 3 fully saturated rings. The molecule has 0 N–H and O–H groups in total. The number of hydrogen-bond donors (Lipinski definition) is 0. The third-order valence-corrected chi connectivity index (χ3v) is 6.93. The molecule has 0 radical (unpaired) electrons. The minimum absolute atomic E-state index is 0.219. The van der Waals surface area contributed by atoms with Gasteiger partial charge in [-0.15, -0.1) is 0 Å². The number of aromatic nitrogens is 1. The number of rotatable bonds is 3. The monoisotopic (exact) mass is 403 g/mol. The lowest BCUT2D eigenvalue weighted by Crippen LogP contribution is -2.53. The first kappa shape index (κ1) is 19.7. The van der Waals surface area contributed by atoms with Crippen molar-refractivity contribution in [3.8, 4) is 0 Å². The van der Waals surface area contributed by atoms with E-state index in [1.165, 1.54) is 12.1 Å². The van der Waals surface area contributed by atoms with E-state index >= 15 is 0 Å². The van der Waals surface area contributed by atoms with E-state index in [1.807, 2.05) is 0 Å². The van der Waals surface area contributed by atoms with E-state index in [2.05, 4.69) is 26.5 Å². The highest BCUT2D eigenvalue weighted by Gasteiger charge is 2.37. The lowest BCUT2D eigenvalue weighted by molar-refractivity contribution is 0.0233. The standard InChI is InChI=1S/C22H33N3O4/c26-22-18(13-23-4-1-6-27-7-5-23)2-3-21-19-10-17(12-25(21)22)11-24(14-19)20-15-28-8-9-29-16-20/h2-3,17,19-20H,1,4-16H2/t17-,19+/m0/s1. The summed E-state index contributed by atoms with van der Waals surface area (Å²) in [5.74, 6) is 0.961. The smallest absolute Gasteiger partial charge is 0.255 e. The molecule has 7 nitrogen and oxygen atoms in total. The summed E-state index contributed by atoms with van der Waals surface area (Å²) in [5, 5.41) is 0. The average Bonchev–Trinajstić information content (AvgIpc) is 3.16. The Balaban J connectivity index is 1.33. The van der Waals surface area contributed by atoms with E-state index in [9.17, 15) is 4.79 Å². The minimum Gasteiger partial charge on any atom is -0.380 e. The maximum Gasteiger partial charge on any atom is 0.255 e. The number of piperidine rings is 1. The molecular weight excluding hydrogens is 370 g/mol. The highest BCUT2D eigenvalue weighted by molar-refractivity contribution is 5.22. The van der Waals surface area contributed by atoms with Crippen LogP contribution in [0.25, 0.3) is 0 Å². The number of pyridine rings is 1. The van der Waals surface area contributed by atoms with Crippen molar-refractivity contribution in [2.24, 2.45) is 5.92 Å². The largest absolute Gasteiger partial charge is 0.380 e. The summed E-state index contributed by atoms with van der Waals surface area (Å²) >= 11 is 0. The van der Waals surface area contributed by atoms with Crippen molar-refractivity contribution in [3.05, 3.63) is 33.7 Å². The van der Waals surface area contributed by atoms with Gasteiger partial charge in [0.15, 0.2) is 0 Å². The van der Waals surface area contributed by atoms with Crippen LogP contribution in [0.15, 0.2) is 16.9 Å². The second kappa shape index (κ2) is 8.86. The van der Waals surface area contributed by atoms with Gasteiger partial charge in [0.1, 0.15) is 0 Å². The van der Waals surface area contributed by atoms with Crippen LogP contribution >= 0.6 is 0 Å². The van der Waals surface area contributed by atoms with Gasteiger partial charge in [-0.1, -0.05) is 6.07 Å². The molecule has 0 spiro atoms. The summed E-state index contributed by atoms with van der Waals surface area (Å²) in [5.41, 5.74) is 2.37. The molecule has 29 heavy (non-hydrogen) atoms. The first-order valence-corrected chi connectivity index (χ1v) is 11.2. The molecule has 1 aromatic heterocycles. The van der Waals surface area contributed by atoms with Crippen LogP contribution in [-0.2, 0) is 27.3 Å². The van der Waals surface area contributed by atoms with Gasteiger partial charge in [-0.2, -0.15) is 0 Å². The summed E-state index contributed by atoms with van der Waals surface area (Å²) < 4.78 is 19.1. The maximum absolute atomic E-state index is 13.3. The maximum atomic E-state index is 13.3. The average molecular weight is 404 g/mol. The van der Waals surface area contributed by atoms with Crippen LogP contribution in [0.1, 0.15) is 30.0 Å². The third-order valence-electron chi connectivity index (χ3n) is 6.93. The first-order valence-electron chi connectivity index (χ1n) is 11.2. The van der Waals surface area contributed by atoms with Gasteiger partial charge >= 0.3 is 0 Å². The molecular formula is C22H33N3O4. The van der Waals surface area contributed by atoms with Crippen LogP contribution in [0.4, 0.5) is 0 Å². The quantitative estimate of drug-likeness (QED) is 0.748. The van der Waals surface area contributed by atoms with Gasteiger partial charge in [0, 0.05) is 63.1 Å². The molecule has 1 aromatic rings. The molecule has 0 aromatic carbocycles. The van der Waals surface area contributed by atoms with E-state index in [4.69, 9.17) is 14.2 Å². The van der Waals surface area contributed by atoms with Gasteiger partial charge in [-0.25, -0.2) is 0 Å². The molecule has 3 saturated heterocycles. The molecule has 160 valence electrons. The minimum atomic E-state index is 0.219. The lowest BCUT2D eigenvalue weighted by Gasteiger charge is -2.45. The molecule has 0 saturated carbocycles. The Kier molecular flexibility index (Phi) is 6.02. The number of hydrogen-bond acceptors (Lipinski definition) is 6. The molecule has 0 aliphatic carbocycles. The normalized spacial score (nSPS) is 29.8. The van der Waals surface area contributed by atoms with Crippen molar-refractivity contribution in [3.63, 3.8) is 0 Å². The molecule has 2 atom stereocenters. The molecule has 7 heteroatoms. The summed E-state index contributed by atoms with van der Waals surface area (Å²) in [6, 6.07) is 4.64. The van der Waals surface area contributed by atoms with E-state index < -0.39 is 0 Å². The second-order valence-electron chi connectivity index (χ2n) is 9.00. The first-order chi connectivity index (χ1) is 14.3. The number of likely N-dealkylation sites (tertiary alicyclic amines) is 1. The molecule has 5 heterocycles. The summed E-state index contributed by atoms with van der Waals surface area (Å²) in [6.07, 6.45) is 2.23. The molecule has 4 aliphatic rings. The lowest BCUT2D eigenvalue weighted by atomic mass is 9.82. The van der Waals surface area contributed by atoms with Crippen molar-refractivity contribution in [1.29, 1.82) is 0 Å². The van der Waals surface area contributed by atoms with Gasteiger partial charge in [0.2, 0.25) is 0 Å². The molecule has 0 unspecified atom stereocenters. The Morgan fingerprint density at radius 1 is 0.931 bits per heavy atom. The van der Waals surface area contributed by atoms with Crippen molar-refractivity contribution in [1.82, 2.24) is 14.4 Å². The third kappa shape index (κ3) is 4.30. The number of nitrogens with zero attached hydrogens (tertiary/aromatic N) is 3. The van der Waals surface area contributed by atoms with Gasteiger partial charge in [-0.05, 0) is 24.8 Å². The highest BCUT2D eigenvalue weighted by Crippen LogP contribution is 2.36. The molecule has 0 amide bonds. The van der Waals surface area contributed by atoms with Crippen LogP contribution in [-0.4, -0.2) is 86.2 Å². The fourth-order valence-electron chi connectivity index (χ4n) is 5.46. The Labute approximate surface area is 172 Å². The van der Waals surface area contributed by atoms with Crippen molar-refractivity contribution in [2.45, 2.75) is 37.9 Å². The van der Waals surface area contributed by atoms with Crippen LogP contribution < -0.4 is 5.56 Å². The Morgan fingerprint density at radius 2 is 1.79 bits per heavy atom. The number of fused-ring (bicyclic) bond motifs is 4.